The van der Waals surface area contributed by atoms with Gasteiger partial charge >= 0.3 is 0 Å². The molecule has 140 valence electrons. The number of carbonyl (C=O) groups is 1. The Kier molecular flexibility index (Phi) is 5.47. The van der Waals surface area contributed by atoms with E-state index in [2.05, 4.69) is 62.0 Å². The molecule has 0 aliphatic carbocycles. The standard InChI is InChI=1S/C21H30N4O/c1-15(2)19-14-20(23(5)22-19)21(26)25-12-10-24(11-13-25)17(4)18-8-6-16(3)7-9-18/h6-9,14-15,17H,10-13H2,1-5H3/t17-/m0/s1. The van der Waals surface area contributed by atoms with E-state index in [0.29, 0.717) is 17.7 Å². The molecular formula is C21H30N4O. The molecule has 1 aromatic heterocycles. The lowest BCUT2D eigenvalue weighted by molar-refractivity contribution is 0.0572. The van der Waals surface area contributed by atoms with Crippen LogP contribution >= 0.6 is 0 Å². The van der Waals surface area contributed by atoms with Gasteiger partial charge in [0.2, 0.25) is 0 Å². The molecule has 1 aliphatic heterocycles. The summed E-state index contributed by atoms with van der Waals surface area (Å²) in [6, 6.07) is 11.1. The molecule has 0 saturated carbocycles. The quantitative estimate of drug-likeness (QED) is 0.845. The van der Waals surface area contributed by atoms with Crippen LogP contribution in [-0.4, -0.2) is 51.7 Å². The van der Waals surface area contributed by atoms with Crippen LogP contribution in [0.4, 0.5) is 0 Å². The molecule has 0 unspecified atom stereocenters. The summed E-state index contributed by atoms with van der Waals surface area (Å²) in [4.78, 5) is 17.3. The van der Waals surface area contributed by atoms with Gasteiger partial charge in [-0.05, 0) is 31.4 Å². The Hall–Kier alpha value is -2.14. The van der Waals surface area contributed by atoms with Crippen molar-refractivity contribution < 1.29 is 4.79 Å². The number of aryl methyl sites for hydroxylation is 2. The third-order valence-electron chi connectivity index (χ3n) is 5.42. The first-order valence-corrected chi connectivity index (χ1v) is 9.50. The number of amides is 1. The van der Waals surface area contributed by atoms with E-state index in [0.717, 1.165) is 31.9 Å². The lowest BCUT2D eigenvalue weighted by atomic mass is 10.0. The largest absolute Gasteiger partial charge is 0.335 e. The number of hydrogen-bond donors (Lipinski definition) is 0. The minimum Gasteiger partial charge on any atom is -0.335 e. The Balaban J connectivity index is 1.63. The highest BCUT2D eigenvalue weighted by Gasteiger charge is 2.27. The average Bonchev–Trinajstić information content (AvgIpc) is 3.03. The van der Waals surface area contributed by atoms with Crippen molar-refractivity contribution in [3.8, 4) is 0 Å². The van der Waals surface area contributed by atoms with Crippen molar-refractivity contribution in [3.05, 3.63) is 52.8 Å². The third kappa shape index (κ3) is 3.83. The predicted molar refractivity (Wildman–Crippen MR) is 104 cm³/mol. The maximum absolute atomic E-state index is 12.9. The molecule has 0 spiro atoms. The molecule has 3 rings (SSSR count). The summed E-state index contributed by atoms with van der Waals surface area (Å²) in [7, 11) is 1.86. The highest BCUT2D eigenvalue weighted by atomic mass is 16.2. The zero-order valence-corrected chi connectivity index (χ0v) is 16.6. The Morgan fingerprint density at radius 1 is 1.04 bits per heavy atom. The molecule has 1 saturated heterocycles. The van der Waals surface area contributed by atoms with Crippen molar-refractivity contribution in [2.45, 2.75) is 39.7 Å². The van der Waals surface area contributed by atoms with Gasteiger partial charge < -0.3 is 4.90 Å². The number of piperazine rings is 1. The molecule has 5 heteroatoms. The zero-order valence-electron chi connectivity index (χ0n) is 16.6. The van der Waals surface area contributed by atoms with Gasteiger partial charge in [-0.25, -0.2) is 0 Å². The molecule has 1 fully saturated rings. The molecule has 0 N–H and O–H groups in total. The summed E-state index contributed by atoms with van der Waals surface area (Å²) >= 11 is 0. The van der Waals surface area contributed by atoms with Gasteiger partial charge in [0.1, 0.15) is 5.69 Å². The van der Waals surface area contributed by atoms with Crippen molar-refractivity contribution in [1.82, 2.24) is 19.6 Å². The molecule has 2 aromatic rings. The van der Waals surface area contributed by atoms with Crippen LogP contribution in [0.2, 0.25) is 0 Å². The second-order valence-electron chi connectivity index (χ2n) is 7.65. The van der Waals surface area contributed by atoms with Crippen LogP contribution in [0.3, 0.4) is 0 Å². The van der Waals surface area contributed by atoms with Crippen LogP contribution in [-0.2, 0) is 7.05 Å². The summed E-state index contributed by atoms with van der Waals surface area (Å²) in [5, 5.41) is 4.47. The molecule has 1 amide bonds. The first kappa shape index (κ1) is 18.6. The lowest BCUT2D eigenvalue weighted by Crippen LogP contribution is -2.49. The number of aromatic nitrogens is 2. The van der Waals surface area contributed by atoms with E-state index in [1.165, 1.54) is 11.1 Å². The molecule has 1 aliphatic rings. The van der Waals surface area contributed by atoms with Gasteiger partial charge in [0.15, 0.2) is 0 Å². The van der Waals surface area contributed by atoms with Gasteiger partial charge in [-0.15, -0.1) is 0 Å². The SMILES string of the molecule is Cc1ccc([C@H](C)N2CCN(C(=O)c3cc(C(C)C)nn3C)CC2)cc1. The van der Waals surface area contributed by atoms with Gasteiger partial charge in [-0.2, -0.15) is 5.10 Å². The molecule has 0 radical (unpaired) electrons. The van der Waals surface area contributed by atoms with Gasteiger partial charge in [-0.3, -0.25) is 14.4 Å². The van der Waals surface area contributed by atoms with Crippen molar-refractivity contribution in [1.29, 1.82) is 0 Å². The molecular weight excluding hydrogens is 324 g/mol. The molecule has 1 aromatic carbocycles. The molecule has 2 heterocycles. The molecule has 5 nitrogen and oxygen atoms in total. The third-order valence-corrected chi connectivity index (χ3v) is 5.42. The topological polar surface area (TPSA) is 41.4 Å². The van der Waals surface area contributed by atoms with Gasteiger partial charge in [0, 0.05) is 39.3 Å². The minimum absolute atomic E-state index is 0.0922. The van der Waals surface area contributed by atoms with Gasteiger partial charge in [0.25, 0.3) is 5.91 Å². The number of nitrogens with zero attached hydrogens (tertiary/aromatic N) is 4. The second kappa shape index (κ2) is 7.62. The van der Waals surface area contributed by atoms with E-state index in [4.69, 9.17) is 0 Å². The van der Waals surface area contributed by atoms with Crippen LogP contribution in [0.1, 0.15) is 60.0 Å². The van der Waals surface area contributed by atoms with Crippen molar-refractivity contribution in [2.24, 2.45) is 7.05 Å². The van der Waals surface area contributed by atoms with E-state index in [-0.39, 0.29) is 5.91 Å². The Morgan fingerprint density at radius 2 is 1.65 bits per heavy atom. The fraction of sp³-hybridized carbons (Fsp3) is 0.524. The fourth-order valence-corrected chi connectivity index (χ4v) is 3.50. The number of carbonyl (C=O) groups excluding carboxylic acids is 1. The maximum atomic E-state index is 12.9. The highest BCUT2D eigenvalue weighted by Crippen LogP contribution is 2.23. The average molecular weight is 354 g/mol. The second-order valence-corrected chi connectivity index (χ2v) is 7.65. The van der Waals surface area contributed by atoms with Gasteiger partial charge in [-0.1, -0.05) is 43.7 Å². The smallest absolute Gasteiger partial charge is 0.272 e. The molecule has 26 heavy (non-hydrogen) atoms. The fourth-order valence-electron chi connectivity index (χ4n) is 3.50. The molecule has 0 bridgehead atoms. The van der Waals surface area contributed by atoms with Crippen LogP contribution < -0.4 is 0 Å². The van der Waals surface area contributed by atoms with E-state index < -0.39 is 0 Å². The van der Waals surface area contributed by atoms with Crippen molar-refractivity contribution in [2.75, 3.05) is 26.2 Å². The summed E-state index contributed by atoms with van der Waals surface area (Å²) in [5.74, 6) is 0.421. The summed E-state index contributed by atoms with van der Waals surface area (Å²) in [6.07, 6.45) is 0. The first-order valence-electron chi connectivity index (χ1n) is 9.50. The molecule has 1 atom stereocenters. The first-order chi connectivity index (χ1) is 12.4. The van der Waals surface area contributed by atoms with E-state index in [1.807, 2.05) is 18.0 Å². The summed E-state index contributed by atoms with van der Waals surface area (Å²) in [5.41, 5.74) is 4.29. The summed E-state index contributed by atoms with van der Waals surface area (Å²) < 4.78 is 1.72. The maximum Gasteiger partial charge on any atom is 0.272 e. The van der Waals surface area contributed by atoms with Crippen molar-refractivity contribution in [3.63, 3.8) is 0 Å². The summed E-state index contributed by atoms with van der Waals surface area (Å²) in [6.45, 7) is 11.9. The normalized spacial score (nSPS) is 16.9. The monoisotopic (exact) mass is 354 g/mol. The number of hydrogen-bond acceptors (Lipinski definition) is 3. The number of benzene rings is 1. The Labute approximate surface area is 156 Å². The zero-order chi connectivity index (χ0) is 18.8. The van der Waals surface area contributed by atoms with E-state index in [9.17, 15) is 4.79 Å². The lowest BCUT2D eigenvalue weighted by Gasteiger charge is -2.38. The Bertz CT molecular complexity index is 755. The van der Waals surface area contributed by atoms with Crippen LogP contribution in [0.5, 0.6) is 0 Å². The van der Waals surface area contributed by atoms with Crippen LogP contribution in [0, 0.1) is 6.92 Å². The van der Waals surface area contributed by atoms with E-state index in [1.54, 1.807) is 4.68 Å². The predicted octanol–water partition coefficient (Wildman–Crippen LogP) is 3.37. The van der Waals surface area contributed by atoms with E-state index >= 15 is 0 Å². The Morgan fingerprint density at radius 3 is 2.19 bits per heavy atom. The number of rotatable bonds is 4. The van der Waals surface area contributed by atoms with Crippen molar-refractivity contribution >= 4 is 5.91 Å². The van der Waals surface area contributed by atoms with Gasteiger partial charge in [0.05, 0.1) is 5.69 Å². The van der Waals surface area contributed by atoms with Crippen LogP contribution in [0.15, 0.2) is 30.3 Å². The minimum atomic E-state index is 0.0922. The van der Waals surface area contributed by atoms with Crippen LogP contribution in [0.25, 0.3) is 0 Å². The highest BCUT2D eigenvalue weighted by molar-refractivity contribution is 5.92.